The molecule has 27 heavy (non-hydrogen) atoms. The molecule has 0 bridgehead atoms. The number of carbonyl (C=O) groups is 2. The lowest BCUT2D eigenvalue weighted by molar-refractivity contribution is -0.135. The molecule has 1 aromatic rings. The van der Waals surface area contributed by atoms with Crippen LogP contribution in [0.4, 0.5) is 0 Å². The number of rotatable bonds is 3. The van der Waals surface area contributed by atoms with E-state index in [4.69, 9.17) is 16.2 Å². The fourth-order valence-corrected chi connectivity index (χ4v) is 3.74. The van der Waals surface area contributed by atoms with Crippen molar-refractivity contribution in [1.82, 2.24) is 4.90 Å². The van der Waals surface area contributed by atoms with Crippen LogP contribution < -0.4 is 16.2 Å². The van der Waals surface area contributed by atoms with Gasteiger partial charge in [0.05, 0.1) is 18.0 Å². The fourth-order valence-electron chi connectivity index (χ4n) is 3.74. The number of primary amides is 1. The second-order valence-electron chi connectivity index (χ2n) is 8.53. The molecule has 2 amide bonds. The molecule has 0 radical (unpaired) electrons. The van der Waals surface area contributed by atoms with Crippen LogP contribution in [-0.4, -0.2) is 39.9 Å². The van der Waals surface area contributed by atoms with Crippen molar-refractivity contribution in [3.8, 4) is 5.75 Å². The maximum atomic E-state index is 13.0. The van der Waals surface area contributed by atoms with Crippen LogP contribution in [0.5, 0.6) is 5.75 Å². The minimum atomic E-state index is -0.664. The molecule has 7 nitrogen and oxygen atoms in total. The summed E-state index contributed by atoms with van der Waals surface area (Å²) in [6.45, 7) is 9.89. The predicted octanol–water partition coefficient (Wildman–Crippen LogP) is 1.83. The van der Waals surface area contributed by atoms with Crippen LogP contribution in [0.1, 0.15) is 57.0 Å². The monoisotopic (exact) mass is 372 g/mol. The van der Waals surface area contributed by atoms with Gasteiger partial charge in [-0.05, 0) is 50.5 Å². The molecule has 0 saturated heterocycles. The zero-order valence-electron chi connectivity index (χ0n) is 16.6. The van der Waals surface area contributed by atoms with Gasteiger partial charge < -0.3 is 16.2 Å². The van der Waals surface area contributed by atoms with Crippen LogP contribution in [0.15, 0.2) is 23.2 Å². The van der Waals surface area contributed by atoms with Crippen molar-refractivity contribution in [1.29, 1.82) is 0 Å². The van der Waals surface area contributed by atoms with Crippen molar-refractivity contribution in [3.63, 3.8) is 0 Å². The second kappa shape index (κ2) is 6.25. The summed E-state index contributed by atoms with van der Waals surface area (Å²) in [5.41, 5.74) is 11.7. The van der Waals surface area contributed by atoms with Crippen molar-refractivity contribution in [3.05, 3.63) is 29.3 Å². The van der Waals surface area contributed by atoms with E-state index >= 15 is 0 Å². The first-order valence-corrected chi connectivity index (χ1v) is 9.24. The molecule has 0 aliphatic carbocycles. The summed E-state index contributed by atoms with van der Waals surface area (Å²) in [7, 11) is 0. The Kier molecular flexibility index (Phi) is 4.44. The number of hydrogen-bond acceptors (Lipinski definition) is 5. The molecule has 2 heterocycles. The number of ether oxygens (including phenoxy) is 1. The quantitative estimate of drug-likeness (QED) is 0.843. The lowest BCUT2D eigenvalue weighted by atomic mass is 9.82. The molecule has 146 valence electrons. The van der Waals surface area contributed by atoms with E-state index in [2.05, 4.69) is 4.99 Å². The first kappa shape index (κ1) is 19.2. The summed E-state index contributed by atoms with van der Waals surface area (Å²) in [4.78, 5) is 30.8. The van der Waals surface area contributed by atoms with E-state index < -0.39 is 17.0 Å². The third kappa shape index (κ3) is 3.26. The summed E-state index contributed by atoms with van der Waals surface area (Å²) in [6.07, 6.45) is 0.802. The number of guanidine groups is 1. The average Bonchev–Trinajstić information content (AvgIpc) is 2.53. The molecule has 0 fully saturated rings. The van der Waals surface area contributed by atoms with E-state index in [0.29, 0.717) is 24.2 Å². The molecule has 2 atom stereocenters. The maximum absolute atomic E-state index is 13.0. The van der Waals surface area contributed by atoms with E-state index in [9.17, 15) is 9.59 Å². The number of amides is 2. The van der Waals surface area contributed by atoms with Crippen LogP contribution in [0, 0.1) is 5.92 Å². The lowest BCUT2D eigenvalue weighted by Crippen LogP contribution is -2.64. The van der Waals surface area contributed by atoms with E-state index in [1.165, 1.54) is 0 Å². The Morgan fingerprint density at radius 1 is 1.33 bits per heavy atom. The largest absolute Gasteiger partial charge is 0.485 e. The third-order valence-electron chi connectivity index (χ3n) is 5.88. The number of nitrogens with zero attached hydrogens (tertiary/aromatic N) is 2. The lowest BCUT2D eigenvalue weighted by Gasteiger charge is -2.48. The van der Waals surface area contributed by atoms with Gasteiger partial charge in [-0.15, -0.1) is 0 Å². The van der Waals surface area contributed by atoms with Gasteiger partial charge in [-0.25, -0.2) is 4.99 Å². The number of hydrogen-bond donors (Lipinski definition) is 2. The van der Waals surface area contributed by atoms with Crippen LogP contribution in [-0.2, 0) is 11.2 Å². The average molecular weight is 372 g/mol. The standard InChI is InChI=1S/C20H28N4O3/c1-11(2)20(5)10-16(25)24(18(22)23-20)15-9-13-8-12(17(21)26)6-7-14(13)27-19(15,3)4/h6-8,11,15H,9-10H2,1-5H3,(H2,21,26)(H2,22,23)/t15?,20-/m0/s1. The van der Waals surface area contributed by atoms with Gasteiger partial charge in [-0.3, -0.25) is 14.5 Å². The maximum Gasteiger partial charge on any atom is 0.248 e. The molecule has 3 rings (SSSR count). The first-order chi connectivity index (χ1) is 12.4. The molecular weight excluding hydrogens is 344 g/mol. The van der Waals surface area contributed by atoms with E-state index in [-0.39, 0.29) is 23.8 Å². The summed E-state index contributed by atoms with van der Waals surface area (Å²) < 4.78 is 6.16. The van der Waals surface area contributed by atoms with Gasteiger partial charge in [0, 0.05) is 12.0 Å². The minimum Gasteiger partial charge on any atom is -0.485 e. The van der Waals surface area contributed by atoms with Crippen molar-refractivity contribution >= 4 is 17.8 Å². The zero-order valence-corrected chi connectivity index (χ0v) is 16.6. The SMILES string of the molecule is CC(C)[C@]1(C)CC(=O)N(C2Cc3cc(C(N)=O)ccc3OC2(C)C)C(N)=N1. The summed E-state index contributed by atoms with van der Waals surface area (Å²) in [5.74, 6) is 0.542. The van der Waals surface area contributed by atoms with Crippen molar-refractivity contribution < 1.29 is 14.3 Å². The molecule has 2 aliphatic heterocycles. The highest BCUT2D eigenvalue weighted by Gasteiger charge is 2.48. The smallest absolute Gasteiger partial charge is 0.248 e. The molecule has 0 saturated carbocycles. The Morgan fingerprint density at radius 3 is 2.56 bits per heavy atom. The Hall–Kier alpha value is -2.57. The highest BCUT2D eigenvalue weighted by molar-refractivity contribution is 5.99. The highest BCUT2D eigenvalue weighted by Crippen LogP contribution is 2.39. The summed E-state index contributed by atoms with van der Waals surface area (Å²) >= 11 is 0. The number of fused-ring (bicyclic) bond motifs is 1. The summed E-state index contributed by atoms with van der Waals surface area (Å²) in [5, 5.41) is 0. The molecule has 1 aromatic carbocycles. The highest BCUT2D eigenvalue weighted by atomic mass is 16.5. The van der Waals surface area contributed by atoms with E-state index in [1.54, 1.807) is 23.1 Å². The molecule has 4 N–H and O–H groups in total. The molecule has 2 aliphatic rings. The first-order valence-electron chi connectivity index (χ1n) is 9.24. The fraction of sp³-hybridized carbons (Fsp3) is 0.550. The third-order valence-corrected chi connectivity index (χ3v) is 5.88. The number of carbonyl (C=O) groups excluding carboxylic acids is 2. The molecule has 0 aromatic heterocycles. The van der Waals surface area contributed by atoms with Crippen LogP contribution in [0.25, 0.3) is 0 Å². The Labute approximate surface area is 159 Å². The minimum absolute atomic E-state index is 0.0603. The molecular formula is C20H28N4O3. The number of nitrogens with two attached hydrogens (primary N) is 2. The molecule has 7 heteroatoms. The van der Waals surface area contributed by atoms with Gasteiger partial charge in [-0.1, -0.05) is 13.8 Å². The normalized spacial score (nSPS) is 27.0. The number of aliphatic imine (C=N–C) groups is 1. The van der Waals surface area contributed by atoms with E-state index in [0.717, 1.165) is 5.56 Å². The second-order valence-corrected chi connectivity index (χ2v) is 8.53. The van der Waals surface area contributed by atoms with Crippen LogP contribution in [0.3, 0.4) is 0 Å². The molecule has 0 spiro atoms. The van der Waals surface area contributed by atoms with Gasteiger partial charge in [0.1, 0.15) is 11.4 Å². The topological polar surface area (TPSA) is 111 Å². The Bertz CT molecular complexity index is 831. The summed E-state index contributed by atoms with van der Waals surface area (Å²) in [6, 6.07) is 4.78. The number of benzene rings is 1. The van der Waals surface area contributed by atoms with Gasteiger partial charge in [-0.2, -0.15) is 0 Å². The predicted molar refractivity (Wildman–Crippen MR) is 103 cm³/mol. The van der Waals surface area contributed by atoms with Crippen molar-refractivity contribution in [2.75, 3.05) is 0 Å². The Balaban J connectivity index is 2.00. The van der Waals surface area contributed by atoms with Crippen molar-refractivity contribution in [2.45, 2.75) is 64.6 Å². The Morgan fingerprint density at radius 2 is 2.00 bits per heavy atom. The van der Waals surface area contributed by atoms with Gasteiger partial charge in [0.15, 0.2) is 5.96 Å². The zero-order chi connectivity index (χ0) is 20.1. The van der Waals surface area contributed by atoms with Gasteiger partial charge in [0.25, 0.3) is 0 Å². The van der Waals surface area contributed by atoms with Gasteiger partial charge in [0.2, 0.25) is 11.8 Å². The molecule has 1 unspecified atom stereocenters. The van der Waals surface area contributed by atoms with Crippen LogP contribution in [0.2, 0.25) is 0 Å². The van der Waals surface area contributed by atoms with Gasteiger partial charge >= 0.3 is 0 Å². The van der Waals surface area contributed by atoms with E-state index in [1.807, 2.05) is 34.6 Å². The van der Waals surface area contributed by atoms with Crippen LogP contribution >= 0.6 is 0 Å². The van der Waals surface area contributed by atoms with Crippen molar-refractivity contribution in [2.24, 2.45) is 22.4 Å².